The highest BCUT2D eigenvalue weighted by molar-refractivity contribution is 6.11. The van der Waals surface area contributed by atoms with Gasteiger partial charge in [-0.05, 0) is 31.0 Å². The van der Waals surface area contributed by atoms with Crippen molar-refractivity contribution in [1.82, 2.24) is 0 Å². The molecule has 7 nitrogen and oxygen atoms in total. The highest BCUT2D eigenvalue weighted by Crippen LogP contribution is 2.46. The highest BCUT2D eigenvalue weighted by Gasteiger charge is 2.57. The first-order valence-corrected chi connectivity index (χ1v) is 5.65. The van der Waals surface area contributed by atoms with Gasteiger partial charge in [-0.2, -0.15) is 0 Å². The minimum Gasteiger partial charge on any atom is -0.480 e. The van der Waals surface area contributed by atoms with Gasteiger partial charge in [0, 0.05) is 11.4 Å². The van der Waals surface area contributed by atoms with Gasteiger partial charge in [0.1, 0.15) is 5.41 Å². The Morgan fingerprint density at radius 1 is 1.16 bits per heavy atom. The van der Waals surface area contributed by atoms with Gasteiger partial charge in [0.05, 0.1) is 0 Å². The second-order valence-electron chi connectivity index (χ2n) is 4.41. The molecule has 1 aliphatic rings. The lowest BCUT2D eigenvalue weighted by atomic mass is 10.1. The molecule has 0 bridgehead atoms. The Morgan fingerprint density at radius 3 is 2.21 bits per heavy atom. The zero-order valence-electron chi connectivity index (χ0n) is 9.97. The van der Waals surface area contributed by atoms with E-state index in [9.17, 15) is 14.4 Å². The van der Waals surface area contributed by atoms with Crippen LogP contribution in [0.5, 0.6) is 0 Å². The number of primary amides is 1. The lowest BCUT2D eigenvalue weighted by Gasteiger charge is -2.11. The standard InChI is InChI=1S/C12H13N3O4/c13-11(19)15-8-3-1-2-7(6-8)14-9(16)12(4-5-12)10(17)18/h1-3,6H,4-5H2,(H,14,16)(H,17,18)(H3,13,15,19). The first kappa shape index (κ1) is 12.9. The molecule has 0 aromatic heterocycles. The number of benzene rings is 1. The van der Waals surface area contributed by atoms with Crippen LogP contribution in [0.2, 0.25) is 0 Å². The summed E-state index contributed by atoms with van der Waals surface area (Å²) in [6, 6.07) is 5.60. The Balaban J connectivity index is 2.09. The Kier molecular flexibility index (Phi) is 3.12. The third-order valence-electron chi connectivity index (χ3n) is 2.98. The smallest absolute Gasteiger partial charge is 0.319 e. The van der Waals surface area contributed by atoms with E-state index in [-0.39, 0.29) is 0 Å². The first-order valence-electron chi connectivity index (χ1n) is 5.65. The summed E-state index contributed by atoms with van der Waals surface area (Å²) >= 11 is 0. The Morgan fingerprint density at radius 2 is 1.74 bits per heavy atom. The number of urea groups is 1. The van der Waals surface area contributed by atoms with Crippen LogP contribution < -0.4 is 16.4 Å². The molecule has 19 heavy (non-hydrogen) atoms. The van der Waals surface area contributed by atoms with Crippen LogP contribution >= 0.6 is 0 Å². The molecule has 100 valence electrons. The minimum absolute atomic E-state index is 0.341. The monoisotopic (exact) mass is 263 g/mol. The van der Waals surface area contributed by atoms with Crippen molar-refractivity contribution in [2.75, 3.05) is 10.6 Å². The second kappa shape index (κ2) is 4.60. The number of carbonyl (C=O) groups excluding carboxylic acids is 2. The maximum absolute atomic E-state index is 11.9. The van der Waals surface area contributed by atoms with Crippen LogP contribution in [-0.2, 0) is 9.59 Å². The van der Waals surface area contributed by atoms with Gasteiger partial charge in [-0.15, -0.1) is 0 Å². The Bertz CT molecular complexity index is 552. The summed E-state index contributed by atoms with van der Waals surface area (Å²) in [4.78, 5) is 33.6. The van der Waals surface area contributed by atoms with Crippen molar-refractivity contribution < 1.29 is 19.5 Å². The molecular formula is C12H13N3O4. The third-order valence-corrected chi connectivity index (χ3v) is 2.98. The van der Waals surface area contributed by atoms with E-state index in [1.54, 1.807) is 18.2 Å². The van der Waals surface area contributed by atoms with E-state index in [2.05, 4.69) is 10.6 Å². The summed E-state index contributed by atoms with van der Waals surface area (Å²) in [6.45, 7) is 0. The number of nitrogens with one attached hydrogen (secondary N) is 2. The molecule has 7 heteroatoms. The fourth-order valence-corrected chi connectivity index (χ4v) is 1.73. The predicted molar refractivity (Wildman–Crippen MR) is 67.6 cm³/mol. The van der Waals surface area contributed by atoms with Crippen LogP contribution in [0.25, 0.3) is 0 Å². The molecule has 0 aliphatic heterocycles. The number of carboxylic acids is 1. The van der Waals surface area contributed by atoms with Crippen molar-refractivity contribution in [2.45, 2.75) is 12.8 Å². The number of carboxylic acid groups (broad SMARTS) is 1. The average molecular weight is 263 g/mol. The minimum atomic E-state index is -1.30. The summed E-state index contributed by atoms with van der Waals surface area (Å²) in [5, 5.41) is 13.9. The normalized spacial score (nSPS) is 15.4. The summed E-state index contributed by atoms with van der Waals surface area (Å²) in [5.74, 6) is -1.66. The van der Waals surface area contributed by atoms with E-state index < -0.39 is 23.3 Å². The first-order chi connectivity index (χ1) is 8.94. The van der Waals surface area contributed by atoms with Gasteiger partial charge in [-0.25, -0.2) is 4.79 Å². The molecule has 1 aliphatic carbocycles. The second-order valence-corrected chi connectivity index (χ2v) is 4.41. The van der Waals surface area contributed by atoms with Gasteiger partial charge in [0.2, 0.25) is 5.91 Å². The maximum Gasteiger partial charge on any atom is 0.319 e. The van der Waals surface area contributed by atoms with Gasteiger partial charge in [-0.3, -0.25) is 9.59 Å². The summed E-state index contributed by atoms with van der Waals surface area (Å²) in [5.41, 5.74) is 4.51. The molecule has 5 N–H and O–H groups in total. The third kappa shape index (κ3) is 2.65. The molecule has 0 unspecified atom stereocenters. The maximum atomic E-state index is 11.9. The molecule has 1 aromatic carbocycles. The van der Waals surface area contributed by atoms with E-state index in [0.29, 0.717) is 24.2 Å². The number of anilines is 2. The quantitative estimate of drug-likeness (QED) is 0.605. The number of hydrogen-bond donors (Lipinski definition) is 4. The van der Waals surface area contributed by atoms with Gasteiger partial charge in [0.25, 0.3) is 0 Å². The van der Waals surface area contributed by atoms with Crippen LogP contribution in [0.3, 0.4) is 0 Å². The Hall–Kier alpha value is -2.57. The Labute approximate surface area is 108 Å². The lowest BCUT2D eigenvalue weighted by Crippen LogP contribution is -2.31. The molecule has 0 saturated heterocycles. The fraction of sp³-hybridized carbons (Fsp3) is 0.250. The van der Waals surface area contributed by atoms with Gasteiger partial charge in [0.15, 0.2) is 0 Å². The molecule has 3 amide bonds. The fourth-order valence-electron chi connectivity index (χ4n) is 1.73. The van der Waals surface area contributed by atoms with Crippen LogP contribution in [0.15, 0.2) is 24.3 Å². The van der Waals surface area contributed by atoms with Crippen molar-refractivity contribution in [1.29, 1.82) is 0 Å². The SMILES string of the molecule is NC(=O)Nc1cccc(NC(=O)C2(C(=O)O)CC2)c1. The van der Waals surface area contributed by atoms with Crippen LogP contribution in [0, 0.1) is 5.41 Å². The molecular weight excluding hydrogens is 250 g/mol. The van der Waals surface area contributed by atoms with E-state index in [0.717, 1.165) is 0 Å². The number of aliphatic carboxylic acids is 1. The lowest BCUT2D eigenvalue weighted by molar-refractivity contribution is -0.147. The molecule has 1 aromatic rings. The average Bonchev–Trinajstić information content (AvgIpc) is 3.09. The number of amides is 3. The molecule has 0 atom stereocenters. The number of rotatable bonds is 4. The molecule has 0 heterocycles. The summed E-state index contributed by atoms with van der Waals surface area (Å²) in [6.07, 6.45) is 0.681. The molecule has 0 spiro atoms. The van der Waals surface area contributed by atoms with Crippen molar-refractivity contribution in [3.05, 3.63) is 24.3 Å². The van der Waals surface area contributed by atoms with Crippen molar-refractivity contribution >= 4 is 29.3 Å². The molecule has 0 radical (unpaired) electrons. The topological polar surface area (TPSA) is 122 Å². The predicted octanol–water partition coefficient (Wildman–Crippen LogP) is 0.980. The molecule has 1 fully saturated rings. The van der Waals surface area contributed by atoms with Crippen LogP contribution in [0.4, 0.5) is 16.2 Å². The van der Waals surface area contributed by atoms with E-state index in [1.807, 2.05) is 0 Å². The zero-order chi connectivity index (χ0) is 14.0. The van der Waals surface area contributed by atoms with Crippen LogP contribution in [-0.4, -0.2) is 23.0 Å². The van der Waals surface area contributed by atoms with E-state index in [1.165, 1.54) is 6.07 Å². The van der Waals surface area contributed by atoms with E-state index in [4.69, 9.17) is 10.8 Å². The van der Waals surface area contributed by atoms with Crippen molar-refractivity contribution in [3.63, 3.8) is 0 Å². The number of hydrogen-bond acceptors (Lipinski definition) is 3. The molecule has 2 rings (SSSR count). The van der Waals surface area contributed by atoms with Crippen molar-refractivity contribution in [2.24, 2.45) is 11.1 Å². The highest BCUT2D eigenvalue weighted by atomic mass is 16.4. The molecule has 1 saturated carbocycles. The number of carbonyl (C=O) groups is 3. The van der Waals surface area contributed by atoms with E-state index >= 15 is 0 Å². The number of nitrogens with two attached hydrogens (primary N) is 1. The zero-order valence-corrected chi connectivity index (χ0v) is 9.97. The van der Waals surface area contributed by atoms with Crippen LogP contribution in [0.1, 0.15) is 12.8 Å². The summed E-state index contributed by atoms with van der Waals surface area (Å²) in [7, 11) is 0. The van der Waals surface area contributed by atoms with Gasteiger partial charge in [-0.1, -0.05) is 6.07 Å². The van der Waals surface area contributed by atoms with Gasteiger partial charge >= 0.3 is 12.0 Å². The van der Waals surface area contributed by atoms with Gasteiger partial charge < -0.3 is 21.5 Å². The van der Waals surface area contributed by atoms with Crippen molar-refractivity contribution in [3.8, 4) is 0 Å². The summed E-state index contributed by atoms with van der Waals surface area (Å²) < 4.78 is 0. The largest absolute Gasteiger partial charge is 0.480 e.